The van der Waals surface area contributed by atoms with Gasteiger partial charge in [-0.25, -0.2) is 0 Å². The van der Waals surface area contributed by atoms with Crippen LogP contribution in [0.25, 0.3) is 0 Å². The molecule has 2 rings (SSSR count). The van der Waals surface area contributed by atoms with E-state index in [4.69, 9.17) is 4.74 Å². The maximum absolute atomic E-state index is 12.3. The van der Waals surface area contributed by atoms with Crippen molar-refractivity contribution in [1.29, 1.82) is 0 Å². The number of hydrogen-bond donors (Lipinski definition) is 1. The Morgan fingerprint density at radius 1 is 1.33 bits per heavy atom. The monoisotopic (exact) mass is 276 g/mol. The number of rotatable bonds is 4. The molecule has 1 N–H and O–H groups in total. The van der Waals surface area contributed by atoms with Crippen LogP contribution < -0.4 is 4.72 Å². The zero-order chi connectivity index (χ0) is 13.2. The normalized spacial score (nSPS) is 32.6. The Bertz CT molecular complexity index is 366. The first-order valence-corrected chi connectivity index (χ1v) is 8.32. The molecule has 0 unspecified atom stereocenters. The fourth-order valence-corrected chi connectivity index (χ4v) is 4.34. The molecule has 2 heterocycles. The third kappa shape index (κ3) is 3.44. The summed E-state index contributed by atoms with van der Waals surface area (Å²) in [6.07, 6.45) is 4.07. The molecular weight excluding hydrogens is 252 g/mol. The second-order valence-corrected chi connectivity index (χ2v) is 7.27. The van der Waals surface area contributed by atoms with Crippen molar-refractivity contribution in [3.63, 3.8) is 0 Å². The summed E-state index contributed by atoms with van der Waals surface area (Å²) in [5.74, 6) is 0.452. The molecule has 0 aliphatic carbocycles. The molecule has 106 valence electrons. The molecule has 0 aromatic heterocycles. The fraction of sp³-hybridized carbons (Fsp3) is 1.00. The van der Waals surface area contributed by atoms with E-state index in [1.54, 1.807) is 4.31 Å². The van der Waals surface area contributed by atoms with Gasteiger partial charge in [-0.1, -0.05) is 6.92 Å². The molecule has 2 aliphatic heterocycles. The van der Waals surface area contributed by atoms with Crippen molar-refractivity contribution in [3.05, 3.63) is 0 Å². The van der Waals surface area contributed by atoms with Gasteiger partial charge in [-0.3, -0.25) is 0 Å². The van der Waals surface area contributed by atoms with Crippen molar-refractivity contribution in [1.82, 2.24) is 9.03 Å². The summed E-state index contributed by atoms with van der Waals surface area (Å²) in [6, 6.07) is -0.144. The van der Waals surface area contributed by atoms with Crippen LogP contribution in [-0.2, 0) is 14.9 Å². The number of nitrogens with zero attached hydrogens (tertiary/aromatic N) is 1. The Balaban J connectivity index is 1.93. The molecule has 0 bridgehead atoms. The van der Waals surface area contributed by atoms with Gasteiger partial charge in [0.05, 0.1) is 6.10 Å². The summed E-state index contributed by atoms with van der Waals surface area (Å²) in [7, 11) is -3.35. The van der Waals surface area contributed by atoms with E-state index in [0.717, 1.165) is 32.3 Å². The lowest BCUT2D eigenvalue weighted by atomic mass is 10.0. The number of nitrogens with one attached hydrogen (secondary N) is 1. The second kappa shape index (κ2) is 5.86. The van der Waals surface area contributed by atoms with Crippen LogP contribution in [0.5, 0.6) is 0 Å². The van der Waals surface area contributed by atoms with Crippen molar-refractivity contribution in [3.8, 4) is 0 Å². The van der Waals surface area contributed by atoms with Crippen LogP contribution in [0, 0.1) is 5.92 Å². The summed E-state index contributed by atoms with van der Waals surface area (Å²) in [4.78, 5) is 0. The van der Waals surface area contributed by atoms with Gasteiger partial charge >= 0.3 is 0 Å². The molecule has 3 atom stereocenters. The second-order valence-electron chi connectivity index (χ2n) is 5.57. The van der Waals surface area contributed by atoms with Gasteiger partial charge in [-0.2, -0.15) is 17.4 Å². The van der Waals surface area contributed by atoms with E-state index in [1.165, 1.54) is 0 Å². The molecule has 0 aromatic carbocycles. The van der Waals surface area contributed by atoms with E-state index in [9.17, 15) is 8.42 Å². The molecule has 2 fully saturated rings. The van der Waals surface area contributed by atoms with Gasteiger partial charge in [-0.05, 0) is 38.5 Å². The van der Waals surface area contributed by atoms with E-state index in [0.29, 0.717) is 19.0 Å². The number of hydrogen-bond acceptors (Lipinski definition) is 3. The Morgan fingerprint density at radius 3 is 2.72 bits per heavy atom. The largest absolute Gasteiger partial charge is 0.377 e. The van der Waals surface area contributed by atoms with Gasteiger partial charge in [-0.15, -0.1) is 0 Å². The van der Waals surface area contributed by atoms with Crippen molar-refractivity contribution >= 4 is 10.2 Å². The predicted molar refractivity (Wildman–Crippen MR) is 70.5 cm³/mol. The fourth-order valence-electron chi connectivity index (χ4n) is 2.75. The van der Waals surface area contributed by atoms with Gasteiger partial charge in [0.15, 0.2) is 0 Å². The molecule has 0 amide bonds. The first-order chi connectivity index (χ1) is 8.49. The van der Waals surface area contributed by atoms with Crippen LogP contribution in [0.3, 0.4) is 0 Å². The smallest absolute Gasteiger partial charge is 0.279 e. The van der Waals surface area contributed by atoms with Crippen molar-refractivity contribution in [2.45, 2.75) is 51.7 Å². The zero-order valence-corrected chi connectivity index (χ0v) is 12.1. The topological polar surface area (TPSA) is 58.6 Å². The predicted octanol–water partition coefficient (Wildman–Crippen LogP) is 1.12. The molecule has 0 saturated carbocycles. The van der Waals surface area contributed by atoms with E-state index < -0.39 is 10.2 Å². The molecule has 5 nitrogen and oxygen atoms in total. The zero-order valence-electron chi connectivity index (χ0n) is 11.3. The lowest BCUT2D eigenvalue weighted by molar-refractivity contribution is 0.0894. The van der Waals surface area contributed by atoms with E-state index in [-0.39, 0.29) is 12.1 Å². The molecule has 6 heteroatoms. The summed E-state index contributed by atoms with van der Waals surface area (Å²) in [5.41, 5.74) is 0. The minimum atomic E-state index is -3.35. The first kappa shape index (κ1) is 14.2. The van der Waals surface area contributed by atoms with Crippen molar-refractivity contribution in [2.24, 2.45) is 5.92 Å². The first-order valence-electron chi connectivity index (χ1n) is 6.88. The van der Waals surface area contributed by atoms with Gasteiger partial charge in [0.2, 0.25) is 0 Å². The Hall–Kier alpha value is -0.170. The van der Waals surface area contributed by atoms with E-state index in [1.807, 2.05) is 6.92 Å². The van der Waals surface area contributed by atoms with Crippen LogP contribution in [-0.4, -0.2) is 44.6 Å². The highest BCUT2D eigenvalue weighted by Crippen LogP contribution is 2.20. The summed E-state index contributed by atoms with van der Waals surface area (Å²) in [6.45, 7) is 6.01. The third-order valence-electron chi connectivity index (χ3n) is 3.82. The quantitative estimate of drug-likeness (QED) is 0.837. The molecule has 0 radical (unpaired) electrons. The summed E-state index contributed by atoms with van der Waals surface area (Å²) >= 11 is 0. The molecule has 18 heavy (non-hydrogen) atoms. The Labute approximate surface area is 110 Å². The van der Waals surface area contributed by atoms with Crippen molar-refractivity contribution in [2.75, 3.05) is 19.7 Å². The minimum absolute atomic E-state index is 0.0296. The molecule has 0 aromatic rings. The van der Waals surface area contributed by atoms with Crippen LogP contribution >= 0.6 is 0 Å². The molecular formula is C12H24N2O3S. The highest BCUT2D eigenvalue weighted by Gasteiger charge is 2.31. The lowest BCUT2D eigenvalue weighted by Gasteiger charge is -2.31. The highest BCUT2D eigenvalue weighted by atomic mass is 32.2. The number of piperidine rings is 1. The van der Waals surface area contributed by atoms with Crippen molar-refractivity contribution < 1.29 is 13.2 Å². The van der Waals surface area contributed by atoms with Crippen LogP contribution in [0.4, 0.5) is 0 Å². The minimum Gasteiger partial charge on any atom is -0.377 e. The van der Waals surface area contributed by atoms with Gasteiger partial charge in [0.25, 0.3) is 10.2 Å². The SMILES string of the molecule is C[C@@H]1CCCN(S(=O)(=O)N[C@H](C)[C@@H]2CCCO2)C1. The highest BCUT2D eigenvalue weighted by molar-refractivity contribution is 7.87. The van der Waals surface area contributed by atoms with Gasteiger partial charge < -0.3 is 4.74 Å². The average Bonchev–Trinajstić information content (AvgIpc) is 2.82. The molecule has 2 saturated heterocycles. The molecule has 0 spiro atoms. The maximum atomic E-state index is 12.3. The van der Waals surface area contributed by atoms with Gasteiger partial charge in [0, 0.05) is 25.7 Å². The molecule has 2 aliphatic rings. The Kier molecular flexibility index (Phi) is 4.64. The van der Waals surface area contributed by atoms with Crippen LogP contribution in [0.2, 0.25) is 0 Å². The average molecular weight is 276 g/mol. The van der Waals surface area contributed by atoms with Crippen LogP contribution in [0.15, 0.2) is 0 Å². The summed E-state index contributed by atoms with van der Waals surface area (Å²) in [5, 5.41) is 0. The Morgan fingerprint density at radius 2 is 2.11 bits per heavy atom. The van der Waals surface area contributed by atoms with Crippen LogP contribution in [0.1, 0.15) is 39.5 Å². The van der Waals surface area contributed by atoms with Gasteiger partial charge in [0.1, 0.15) is 0 Å². The lowest BCUT2D eigenvalue weighted by Crippen LogP contribution is -2.50. The number of ether oxygens (including phenoxy) is 1. The maximum Gasteiger partial charge on any atom is 0.279 e. The third-order valence-corrected chi connectivity index (χ3v) is 5.50. The summed E-state index contributed by atoms with van der Waals surface area (Å²) < 4.78 is 34.4. The standard InChI is InChI=1S/C12H24N2O3S/c1-10-5-3-7-14(9-10)18(15,16)13-11(2)12-6-4-8-17-12/h10-13H,3-9H2,1-2H3/t10-,11-,12+/m1/s1. The van der Waals surface area contributed by atoms with E-state index >= 15 is 0 Å². The van der Waals surface area contributed by atoms with E-state index in [2.05, 4.69) is 11.6 Å².